The summed E-state index contributed by atoms with van der Waals surface area (Å²) in [5.74, 6) is -0.325. The molecule has 1 amide bonds. The lowest BCUT2D eigenvalue weighted by molar-refractivity contribution is -0.127. The standard InChI is InChI=1S/C19H23ClF6N2O2/c1-3-15(19(24,25)26)11-16(4-2)30-17(29)28-9-7-27(8-10-28)13-14(5-6-20)12-18(21,22)23/h3-5,11H,1,6-10,12-13H2,2H3/b14-5+,15-11+,16-4+. The highest BCUT2D eigenvalue weighted by atomic mass is 35.5. The Balaban J connectivity index is 2.66. The van der Waals surface area contributed by atoms with Crippen LogP contribution in [0.4, 0.5) is 31.1 Å². The molecule has 1 saturated heterocycles. The molecule has 0 radical (unpaired) electrons. The zero-order chi connectivity index (χ0) is 22.9. The molecule has 170 valence electrons. The average molecular weight is 461 g/mol. The van der Waals surface area contributed by atoms with E-state index >= 15 is 0 Å². The van der Waals surface area contributed by atoms with E-state index < -0.39 is 30.4 Å². The lowest BCUT2D eigenvalue weighted by Gasteiger charge is -2.34. The van der Waals surface area contributed by atoms with E-state index in [-0.39, 0.29) is 49.9 Å². The van der Waals surface area contributed by atoms with E-state index in [9.17, 15) is 31.1 Å². The van der Waals surface area contributed by atoms with Crippen molar-refractivity contribution in [3.8, 4) is 0 Å². The van der Waals surface area contributed by atoms with Crippen LogP contribution in [0.3, 0.4) is 0 Å². The van der Waals surface area contributed by atoms with Gasteiger partial charge in [0.25, 0.3) is 0 Å². The molecule has 0 spiro atoms. The highest BCUT2D eigenvalue weighted by Crippen LogP contribution is 2.28. The minimum atomic E-state index is -4.64. The normalized spacial score (nSPS) is 17.9. The smallest absolute Gasteiger partial charge is 0.411 e. The van der Waals surface area contributed by atoms with Crippen molar-refractivity contribution >= 4 is 17.7 Å². The first-order valence-electron chi connectivity index (χ1n) is 8.97. The van der Waals surface area contributed by atoms with Crippen molar-refractivity contribution in [3.05, 3.63) is 47.8 Å². The van der Waals surface area contributed by atoms with E-state index in [0.29, 0.717) is 12.2 Å². The van der Waals surface area contributed by atoms with Gasteiger partial charge in [-0.25, -0.2) is 4.79 Å². The van der Waals surface area contributed by atoms with Gasteiger partial charge >= 0.3 is 18.4 Å². The van der Waals surface area contributed by atoms with E-state index in [1.54, 1.807) is 4.90 Å². The number of hydrogen-bond donors (Lipinski definition) is 0. The number of rotatable bonds is 7. The molecule has 0 unspecified atom stereocenters. The maximum absolute atomic E-state index is 12.8. The first kappa shape index (κ1) is 26.1. The van der Waals surface area contributed by atoms with E-state index in [4.69, 9.17) is 16.3 Å². The van der Waals surface area contributed by atoms with Gasteiger partial charge in [0.05, 0.1) is 12.0 Å². The summed E-state index contributed by atoms with van der Waals surface area (Å²) in [6, 6.07) is 0. The SMILES string of the molecule is C=C/C(=C\C(=C/C)OC(=O)N1CCN(C/C(=C/CCl)CC(F)(F)F)CC1)C(F)(F)F. The van der Waals surface area contributed by atoms with Crippen LogP contribution in [-0.2, 0) is 4.74 Å². The number of halogens is 7. The Bertz CT molecular complexity index is 690. The molecule has 30 heavy (non-hydrogen) atoms. The van der Waals surface area contributed by atoms with Gasteiger partial charge in [-0.2, -0.15) is 26.3 Å². The lowest BCUT2D eigenvalue weighted by atomic mass is 10.1. The minimum Gasteiger partial charge on any atom is -0.411 e. The fourth-order valence-corrected chi connectivity index (χ4v) is 2.90. The van der Waals surface area contributed by atoms with Crippen LogP contribution >= 0.6 is 11.6 Å². The fourth-order valence-electron chi connectivity index (χ4n) is 2.68. The number of allylic oxidation sites excluding steroid dienone is 5. The Kier molecular flexibility index (Phi) is 9.96. The van der Waals surface area contributed by atoms with Crippen LogP contribution in [0.1, 0.15) is 13.3 Å². The van der Waals surface area contributed by atoms with E-state index in [1.165, 1.54) is 24.0 Å². The van der Waals surface area contributed by atoms with Gasteiger partial charge in [0.1, 0.15) is 5.76 Å². The molecule has 0 saturated carbocycles. The van der Waals surface area contributed by atoms with Crippen LogP contribution in [0.2, 0.25) is 0 Å². The van der Waals surface area contributed by atoms with Crippen LogP contribution in [0, 0.1) is 0 Å². The topological polar surface area (TPSA) is 32.8 Å². The van der Waals surface area contributed by atoms with Gasteiger partial charge in [0.15, 0.2) is 0 Å². The van der Waals surface area contributed by atoms with Crippen molar-refractivity contribution in [1.82, 2.24) is 9.80 Å². The number of carbonyl (C=O) groups excluding carboxylic acids is 1. The van der Waals surface area contributed by atoms with Crippen LogP contribution in [0.5, 0.6) is 0 Å². The molecule has 0 N–H and O–H groups in total. The third kappa shape index (κ3) is 9.25. The van der Waals surface area contributed by atoms with Crippen molar-refractivity contribution < 1.29 is 35.9 Å². The van der Waals surface area contributed by atoms with Crippen molar-refractivity contribution in [3.63, 3.8) is 0 Å². The molecule has 0 aromatic heterocycles. The summed E-state index contributed by atoms with van der Waals surface area (Å²) >= 11 is 5.53. The summed E-state index contributed by atoms with van der Waals surface area (Å²) in [6.45, 7) is 5.47. The van der Waals surface area contributed by atoms with E-state index in [0.717, 1.165) is 0 Å². The molecule has 0 aromatic carbocycles. The van der Waals surface area contributed by atoms with Gasteiger partial charge in [0, 0.05) is 38.6 Å². The Morgan fingerprint density at radius 3 is 2.17 bits per heavy atom. The molecule has 0 aromatic rings. The zero-order valence-corrected chi connectivity index (χ0v) is 17.1. The molecule has 0 atom stereocenters. The average Bonchev–Trinajstić information content (AvgIpc) is 2.63. The van der Waals surface area contributed by atoms with E-state index in [1.807, 2.05) is 0 Å². The van der Waals surface area contributed by atoms with Gasteiger partial charge in [-0.1, -0.05) is 24.3 Å². The summed E-state index contributed by atoms with van der Waals surface area (Å²) < 4.78 is 81.4. The third-order valence-corrected chi connectivity index (χ3v) is 4.34. The molecule has 1 aliphatic heterocycles. The Labute approximate surface area is 176 Å². The van der Waals surface area contributed by atoms with Gasteiger partial charge < -0.3 is 9.64 Å². The molecule has 0 bridgehead atoms. The van der Waals surface area contributed by atoms with Crippen LogP contribution in [0.15, 0.2) is 47.8 Å². The summed E-state index contributed by atoms with van der Waals surface area (Å²) in [7, 11) is 0. The van der Waals surface area contributed by atoms with Crippen LogP contribution in [-0.4, -0.2) is 66.8 Å². The molecule has 1 aliphatic rings. The Morgan fingerprint density at radius 2 is 1.73 bits per heavy atom. The highest BCUT2D eigenvalue weighted by Gasteiger charge is 2.32. The fraction of sp³-hybridized carbons (Fsp3) is 0.526. The quantitative estimate of drug-likeness (QED) is 0.167. The Hall–Kier alpha value is -1.94. The number of ether oxygens (including phenoxy) is 1. The first-order chi connectivity index (χ1) is 13.9. The third-order valence-electron chi connectivity index (χ3n) is 4.19. The largest absolute Gasteiger partial charge is 0.416 e. The van der Waals surface area contributed by atoms with E-state index in [2.05, 4.69) is 6.58 Å². The van der Waals surface area contributed by atoms with Crippen molar-refractivity contribution in [1.29, 1.82) is 0 Å². The second-order valence-corrected chi connectivity index (χ2v) is 6.74. The summed E-state index contributed by atoms with van der Waals surface area (Å²) in [5, 5.41) is 0. The van der Waals surface area contributed by atoms with Crippen molar-refractivity contribution in [2.75, 3.05) is 38.6 Å². The number of carbonyl (C=O) groups is 1. The maximum Gasteiger partial charge on any atom is 0.416 e. The predicted octanol–water partition coefficient (Wildman–Crippen LogP) is 5.44. The number of amides is 1. The van der Waals surface area contributed by atoms with Gasteiger partial charge in [-0.05, 0) is 19.1 Å². The number of hydrogen-bond acceptors (Lipinski definition) is 3. The monoisotopic (exact) mass is 460 g/mol. The maximum atomic E-state index is 12.8. The lowest BCUT2D eigenvalue weighted by Crippen LogP contribution is -2.49. The highest BCUT2D eigenvalue weighted by molar-refractivity contribution is 6.18. The summed E-state index contributed by atoms with van der Waals surface area (Å²) in [6.07, 6.45) is -7.08. The number of alkyl halides is 7. The van der Waals surface area contributed by atoms with Gasteiger partial charge in [-0.3, -0.25) is 4.90 Å². The second kappa shape index (κ2) is 11.5. The Morgan fingerprint density at radius 1 is 1.13 bits per heavy atom. The second-order valence-electron chi connectivity index (χ2n) is 6.43. The molecule has 1 heterocycles. The predicted molar refractivity (Wildman–Crippen MR) is 102 cm³/mol. The molecule has 11 heteroatoms. The minimum absolute atomic E-state index is 0.0397. The molecule has 1 fully saturated rings. The summed E-state index contributed by atoms with van der Waals surface area (Å²) in [5.41, 5.74) is -0.921. The van der Waals surface area contributed by atoms with Crippen molar-refractivity contribution in [2.45, 2.75) is 25.7 Å². The molecular weight excluding hydrogens is 438 g/mol. The van der Waals surface area contributed by atoms with Gasteiger partial charge in [-0.15, -0.1) is 11.6 Å². The summed E-state index contributed by atoms with van der Waals surface area (Å²) in [4.78, 5) is 15.3. The number of piperazine rings is 1. The van der Waals surface area contributed by atoms with Crippen LogP contribution in [0.25, 0.3) is 0 Å². The van der Waals surface area contributed by atoms with Crippen molar-refractivity contribution in [2.24, 2.45) is 0 Å². The zero-order valence-electron chi connectivity index (χ0n) is 16.3. The molecule has 0 aliphatic carbocycles. The van der Waals surface area contributed by atoms with Crippen LogP contribution < -0.4 is 0 Å². The number of nitrogens with zero attached hydrogens (tertiary/aromatic N) is 2. The molecular formula is C19H23ClF6N2O2. The molecule has 1 rings (SSSR count). The first-order valence-corrected chi connectivity index (χ1v) is 9.50. The van der Waals surface area contributed by atoms with Gasteiger partial charge in [0.2, 0.25) is 0 Å². The molecule has 4 nitrogen and oxygen atoms in total.